The van der Waals surface area contributed by atoms with Gasteiger partial charge in [-0.2, -0.15) is 0 Å². The number of aromatic nitrogens is 2. The highest BCUT2D eigenvalue weighted by Gasteiger charge is 2.21. The zero-order valence-electron chi connectivity index (χ0n) is 15.5. The van der Waals surface area contributed by atoms with Gasteiger partial charge in [0.2, 0.25) is 0 Å². The third kappa shape index (κ3) is 4.13. The number of fused-ring (bicyclic) bond motifs is 1. The van der Waals surface area contributed by atoms with E-state index in [0.29, 0.717) is 15.6 Å². The third-order valence-electron chi connectivity index (χ3n) is 4.71. The van der Waals surface area contributed by atoms with Crippen LogP contribution in [0.1, 0.15) is 27.3 Å². The van der Waals surface area contributed by atoms with Gasteiger partial charge in [-0.3, -0.25) is 4.79 Å². The van der Waals surface area contributed by atoms with E-state index in [-0.39, 0.29) is 35.7 Å². The van der Waals surface area contributed by atoms with E-state index in [9.17, 15) is 14.4 Å². The number of nitrogens with zero attached hydrogens (tertiary/aromatic N) is 3. The molecule has 0 amide bonds. The molecule has 1 aromatic heterocycles. The summed E-state index contributed by atoms with van der Waals surface area (Å²) < 4.78 is 18.6. The fraction of sp³-hybridized carbons (Fsp3) is 0.0909. The maximum atomic E-state index is 13.5. The Bertz CT molecular complexity index is 1270. The first-order valence-electron chi connectivity index (χ1n) is 9.04. The molecule has 1 heterocycles. The molecule has 0 unspecified atom stereocenters. The van der Waals surface area contributed by atoms with Crippen LogP contribution in [0.15, 0.2) is 74.9 Å². The lowest BCUT2D eigenvalue weighted by atomic mass is 9.99. The van der Waals surface area contributed by atoms with E-state index >= 15 is 0 Å². The molecule has 4 rings (SSSR count). The molecule has 0 bridgehead atoms. The van der Waals surface area contributed by atoms with Crippen LogP contribution in [0.4, 0.5) is 4.39 Å². The Balaban J connectivity index is 1.56. The van der Waals surface area contributed by atoms with Gasteiger partial charge in [-0.05, 0) is 55.6 Å². The van der Waals surface area contributed by atoms with Gasteiger partial charge in [-0.1, -0.05) is 52.8 Å². The van der Waals surface area contributed by atoms with Gasteiger partial charge in [0.15, 0.2) is 11.5 Å². The third-order valence-corrected chi connectivity index (χ3v) is 5.31. The second-order valence-electron chi connectivity index (χ2n) is 6.69. The minimum Gasteiger partial charge on any atom is -0.411 e. The van der Waals surface area contributed by atoms with Crippen LogP contribution >= 0.6 is 15.9 Å². The maximum Gasteiger partial charge on any atom is 0.169 e. The summed E-state index contributed by atoms with van der Waals surface area (Å²) in [5.41, 5.74) is 1.84. The number of carbonyl (C=O) groups is 1. The number of halogens is 2. The molecule has 4 aromatic rings. The number of ketones is 1. The van der Waals surface area contributed by atoms with E-state index in [4.69, 9.17) is 4.63 Å². The summed E-state index contributed by atoms with van der Waals surface area (Å²) >= 11 is 3.13. The highest BCUT2D eigenvalue weighted by Crippen LogP contribution is 2.20. The van der Waals surface area contributed by atoms with Crippen molar-refractivity contribution in [3.8, 4) is 0 Å². The molecule has 0 saturated heterocycles. The Labute approximate surface area is 179 Å². The first kappa shape index (κ1) is 19.9. The minimum absolute atomic E-state index is 0.0662. The highest BCUT2D eigenvalue weighted by molar-refractivity contribution is 9.10. The van der Waals surface area contributed by atoms with Crippen molar-refractivity contribution in [3.05, 3.63) is 93.5 Å². The second-order valence-corrected chi connectivity index (χ2v) is 7.55. The van der Waals surface area contributed by atoms with Gasteiger partial charge in [0.25, 0.3) is 0 Å². The van der Waals surface area contributed by atoms with Crippen molar-refractivity contribution < 1.29 is 19.0 Å². The molecule has 0 fully saturated rings. The summed E-state index contributed by atoms with van der Waals surface area (Å²) in [4.78, 5) is 12.8. The fourth-order valence-electron chi connectivity index (χ4n) is 3.17. The molecule has 0 atom stereocenters. The molecule has 150 valence electrons. The largest absolute Gasteiger partial charge is 0.411 e. The lowest BCUT2D eigenvalue weighted by molar-refractivity contribution is 0.0990. The topological polar surface area (TPSA) is 88.6 Å². The summed E-state index contributed by atoms with van der Waals surface area (Å²) in [5, 5.41) is 22.4. The van der Waals surface area contributed by atoms with Gasteiger partial charge >= 0.3 is 0 Å². The molecular formula is C22H15BrFN3O3. The van der Waals surface area contributed by atoms with Crippen molar-refractivity contribution in [1.82, 2.24) is 10.3 Å². The van der Waals surface area contributed by atoms with Crippen LogP contribution in [0.5, 0.6) is 0 Å². The van der Waals surface area contributed by atoms with Gasteiger partial charge in [-0.15, -0.1) is 0 Å². The molecule has 0 saturated carbocycles. The summed E-state index contributed by atoms with van der Waals surface area (Å²) in [6, 6.07) is 17.7. The van der Waals surface area contributed by atoms with Crippen LogP contribution < -0.4 is 0 Å². The van der Waals surface area contributed by atoms with Crippen LogP contribution in [-0.4, -0.2) is 27.0 Å². The van der Waals surface area contributed by atoms with E-state index in [1.165, 1.54) is 6.07 Å². The molecule has 0 aliphatic heterocycles. The number of benzene rings is 3. The lowest BCUT2D eigenvalue weighted by Crippen LogP contribution is -2.12. The van der Waals surface area contributed by atoms with E-state index in [1.807, 2.05) is 36.4 Å². The minimum atomic E-state index is -0.397. The fourth-order valence-corrected chi connectivity index (χ4v) is 3.59. The average Bonchev–Trinajstić information content (AvgIpc) is 3.22. The summed E-state index contributed by atoms with van der Waals surface area (Å²) in [6.45, 7) is 0. The molecule has 0 spiro atoms. The quantitative estimate of drug-likeness (QED) is 0.187. The van der Waals surface area contributed by atoms with Gasteiger partial charge in [-0.25, -0.2) is 9.02 Å². The Morgan fingerprint density at radius 3 is 2.60 bits per heavy atom. The predicted molar refractivity (Wildman–Crippen MR) is 112 cm³/mol. The average molecular weight is 468 g/mol. The zero-order chi connectivity index (χ0) is 21.1. The van der Waals surface area contributed by atoms with Crippen molar-refractivity contribution in [2.24, 2.45) is 5.16 Å². The number of hydrogen-bond acceptors (Lipinski definition) is 6. The first-order valence-corrected chi connectivity index (χ1v) is 9.83. The van der Waals surface area contributed by atoms with Crippen LogP contribution in [0.2, 0.25) is 0 Å². The van der Waals surface area contributed by atoms with Gasteiger partial charge in [0, 0.05) is 12.0 Å². The molecule has 0 radical (unpaired) electrons. The molecule has 0 aliphatic rings. The van der Waals surface area contributed by atoms with E-state index in [1.54, 1.807) is 18.2 Å². The van der Waals surface area contributed by atoms with Gasteiger partial charge in [0.05, 0.1) is 10.9 Å². The van der Waals surface area contributed by atoms with Crippen LogP contribution in [0.25, 0.3) is 10.8 Å². The number of carbonyl (C=O) groups excluding carboxylic acids is 1. The molecule has 8 heteroatoms. The van der Waals surface area contributed by atoms with Crippen molar-refractivity contribution in [3.63, 3.8) is 0 Å². The smallest absolute Gasteiger partial charge is 0.169 e. The highest BCUT2D eigenvalue weighted by atomic mass is 79.9. The van der Waals surface area contributed by atoms with Crippen LogP contribution in [-0.2, 0) is 12.8 Å². The summed E-state index contributed by atoms with van der Waals surface area (Å²) in [6.07, 6.45) is 0.0874. The van der Waals surface area contributed by atoms with Gasteiger partial charge in [0.1, 0.15) is 17.2 Å². The molecular weight excluding hydrogens is 453 g/mol. The van der Waals surface area contributed by atoms with Crippen molar-refractivity contribution in [2.45, 2.75) is 12.8 Å². The molecule has 6 nitrogen and oxygen atoms in total. The number of oxime groups is 1. The predicted octanol–water partition coefficient (Wildman–Crippen LogP) is 4.97. The Kier molecular flexibility index (Phi) is 5.67. The van der Waals surface area contributed by atoms with E-state index < -0.39 is 5.82 Å². The van der Waals surface area contributed by atoms with Gasteiger partial charge < -0.3 is 5.21 Å². The summed E-state index contributed by atoms with van der Waals surface area (Å²) in [7, 11) is 0. The first-order chi connectivity index (χ1) is 14.5. The molecule has 3 aromatic carbocycles. The standard InChI is InChI=1S/C22H15BrFN3O3/c23-17-9-13(5-8-18(17)24)10-19(25-29)22-20(26-30-27-22)12-21(28)16-7-6-14-3-1-2-4-15(14)11-16/h1-9,11,29H,10,12H2. The summed E-state index contributed by atoms with van der Waals surface area (Å²) in [5.74, 6) is -0.564. The molecule has 0 aliphatic carbocycles. The number of Topliss-reactive ketones (excluding diaryl/α,β-unsaturated/α-hetero) is 1. The zero-order valence-corrected chi connectivity index (χ0v) is 17.1. The second kappa shape index (κ2) is 8.54. The monoisotopic (exact) mass is 467 g/mol. The normalized spacial score (nSPS) is 11.7. The Morgan fingerprint density at radius 2 is 1.83 bits per heavy atom. The number of hydrogen-bond donors (Lipinski definition) is 1. The van der Waals surface area contributed by atoms with Crippen molar-refractivity contribution in [1.29, 1.82) is 0 Å². The molecule has 1 N–H and O–H groups in total. The Morgan fingerprint density at radius 1 is 1.03 bits per heavy atom. The number of rotatable bonds is 6. The van der Waals surface area contributed by atoms with E-state index in [0.717, 1.165) is 10.8 Å². The van der Waals surface area contributed by atoms with Crippen molar-refractivity contribution >= 4 is 38.2 Å². The van der Waals surface area contributed by atoms with Crippen molar-refractivity contribution in [2.75, 3.05) is 0 Å². The van der Waals surface area contributed by atoms with E-state index in [2.05, 4.69) is 31.4 Å². The van der Waals surface area contributed by atoms with Crippen LogP contribution in [0, 0.1) is 5.82 Å². The maximum absolute atomic E-state index is 13.5. The molecule has 30 heavy (non-hydrogen) atoms. The lowest BCUT2D eigenvalue weighted by Gasteiger charge is -2.05. The SMILES string of the molecule is O=C(Cc1nonc1C(Cc1ccc(F)c(Br)c1)=NO)c1ccc2ccccc2c1. The van der Waals surface area contributed by atoms with Crippen LogP contribution in [0.3, 0.4) is 0 Å². The Hall–Kier alpha value is -3.39.